The predicted octanol–water partition coefficient (Wildman–Crippen LogP) is 5.33. The van der Waals surface area contributed by atoms with Crippen LogP contribution in [-0.4, -0.2) is 10.3 Å². The molecule has 0 radical (unpaired) electrons. The van der Waals surface area contributed by atoms with E-state index in [2.05, 4.69) is 65.3 Å². The van der Waals surface area contributed by atoms with Gasteiger partial charge in [-0.15, -0.1) is 11.3 Å². The third-order valence-electron chi connectivity index (χ3n) is 3.49. The van der Waals surface area contributed by atoms with E-state index in [9.17, 15) is 0 Å². The van der Waals surface area contributed by atoms with E-state index in [1.54, 1.807) is 11.3 Å². The summed E-state index contributed by atoms with van der Waals surface area (Å²) in [5.41, 5.74) is 3.80. The molecule has 1 unspecified atom stereocenters. The zero-order valence-corrected chi connectivity index (χ0v) is 13.7. The number of aromatic nitrogens is 1. The second kappa shape index (κ2) is 6.06. The van der Waals surface area contributed by atoms with Crippen LogP contribution in [0.4, 0.5) is 0 Å². The molecule has 20 heavy (non-hydrogen) atoms. The zero-order chi connectivity index (χ0) is 13.9. The number of thiazole rings is 1. The number of rotatable bonds is 4. The lowest BCUT2D eigenvalue weighted by atomic mass is 9.97. The Balaban J connectivity index is 1.85. The molecule has 0 aliphatic heterocycles. The van der Waals surface area contributed by atoms with Crippen LogP contribution in [0.25, 0.3) is 10.2 Å². The van der Waals surface area contributed by atoms with Gasteiger partial charge in [-0.05, 0) is 30.5 Å². The highest BCUT2D eigenvalue weighted by atomic mass is 79.9. The molecular formula is C17H16BrNS. The molecule has 102 valence electrons. The van der Waals surface area contributed by atoms with Crippen molar-refractivity contribution in [3.63, 3.8) is 0 Å². The van der Waals surface area contributed by atoms with Crippen LogP contribution >= 0.6 is 27.3 Å². The van der Waals surface area contributed by atoms with Crippen LogP contribution in [0.2, 0.25) is 0 Å². The number of benzene rings is 2. The second-order valence-electron chi connectivity index (χ2n) is 5.04. The molecule has 0 aliphatic carbocycles. The monoisotopic (exact) mass is 345 g/mol. The normalized spacial score (nSPS) is 12.7. The summed E-state index contributed by atoms with van der Waals surface area (Å²) in [6.07, 6.45) is 0.994. The van der Waals surface area contributed by atoms with Gasteiger partial charge in [-0.25, -0.2) is 4.98 Å². The summed E-state index contributed by atoms with van der Waals surface area (Å²) in [6.45, 7) is 2.13. The number of para-hydroxylation sites is 1. The van der Waals surface area contributed by atoms with Crippen LogP contribution in [0.1, 0.15) is 22.1 Å². The first kappa shape index (κ1) is 13.8. The number of fused-ring (bicyclic) bond motifs is 1. The van der Waals surface area contributed by atoms with E-state index in [0.717, 1.165) is 17.3 Å². The van der Waals surface area contributed by atoms with Crippen molar-refractivity contribution in [3.8, 4) is 0 Å². The van der Waals surface area contributed by atoms with Gasteiger partial charge in [-0.2, -0.15) is 0 Å². The molecule has 3 aromatic rings. The second-order valence-corrected chi connectivity index (χ2v) is 6.80. The summed E-state index contributed by atoms with van der Waals surface area (Å²) >= 11 is 5.46. The molecular weight excluding hydrogens is 330 g/mol. The van der Waals surface area contributed by atoms with E-state index in [0.29, 0.717) is 5.92 Å². The van der Waals surface area contributed by atoms with Crippen molar-refractivity contribution in [3.05, 3.63) is 64.7 Å². The third kappa shape index (κ3) is 2.94. The summed E-state index contributed by atoms with van der Waals surface area (Å²) in [4.78, 5) is 4.74. The SMILES string of the molecule is Cc1ccc(C(CBr)Cc2nc3ccccc3s2)cc1. The molecule has 1 atom stereocenters. The van der Waals surface area contributed by atoms with Gasteiger partial charge in [0.25, 0.3) is 0 Å². The van der Waals surface area contributed by atoms with Crippen molar-refractivity contribution in [1.29, 1.82) is 0 Å². The first-order chi connectivity index (χ1) is 9.76. The summed E-state index contributed by atoms with van der Waals surface area (Å²) in [6, 6.07) is 17.2. The molecule has 0 amide bonds. The molecule has 3 heteroatoms. The Labute approximate surface area is 131 Å². The fraction of sp³-hybridized carbons (Fsp3) is 0.235. The van der Waals surface area contributed by atoms with Gasteiger partial charge in [0.15, 0.2) is 0 Å². The van der Waals surface area contributed by atoms with E-state index in [-0.39, 0.29) is 0 Å². The third-order valence-corrected chi connectivity index (χ3v) is 5.33. The molecule has 0 aliphatic rings. The smallest absolute Gasteiger partial charge is 0.0945 e. The number of halogens is 1. The van der Waals surface area contributed by atoms with Gasteiger partial charge in [-0.3, -0.25) is 0 Å². The van der Waals surface area contributed by atoms with E-state index in [1.807, 2.05) is 6.07 Å². The van der Waals surface area contributed by atoms with Gasteiger partial charge in [0, 0.05) is 11.8 Å². The average molecular weight is 346 g/mol. The quantitative estimate of drug-likeness (QED) is 0.582. The zero-order valence-electron chi connectivity index (χ0n) is 11.3. The first-order valence-electron chi connectivity index (χ1n) is 6.73. The van der Waals surface area contributed by atoms with Gasteiger partial charge < -0.3 is 0 Å². The van der Waals surface area contributed by atoms with Gasteiger partial charge >= 0.3 is 0 Å². The van der Waals surface area contributed by atoms with Crippen molar-refractivity contribution in [1.82, 2.24) is 4.98 Å². The van der Waals surface area contributed by atoms with Crippen molar-refractivity contribution in [2.75, 3.05) is 5.33 Å². The Morgan fingerprint density at radius 1 is 1.10 bits per heavy atom. The number of nitrogens with zero attached hydrogens (tertiary/aromatic N) is 1. The fourth-order valence-corrected chi connectivity index (χ4v) is 3.97. The van der Waals surface area contributed by atoms with Gasteiger partial charge in [0.1, 0.15) is 0 Å². The minimum Gasteiger partial charge on any atom is -0.241 e. The fourth-order valence-electron chi connectivity index (χ4n) is 2.32. The average Bonchev–Trinajstić information content (AvgIpc) is 2.88. The molecule has 0 bridgehead atoms. The Hall–Kier alpha value is -1.19. The molecule has 0 saturated heterocycles. The van der Waals surface area contributed by atoms with Crippen molar-refractivity contribution >= 4 is 37.5 Å². The summed E-state index contributed by atoms with van der Waals surface area (Å²) in [5.74, 6) is 0.483. The lowest BCUT2D eigenvalue weighted by Gasteiger charge is -2.13. The van der Waals surface area contributed by atoms with Crippen LogP contribution < -0.4 is 0 Å². The van der Waals surface area contributed by atoms with Crippen molar-refractivity contribution in [2.45, 2.75) is 19.3 Å². The standard InChI is InChI=1S/C17H16BrNS/c1-12-6-8-13(9-7-12)14(11-18)10-17-19-15-4-2-3-5-16(15)20-17/h2-9,14H,10-11H2,1H3. The highest BCUT2D eigenvalue weighted by Gasteiger charge is 2.14. The van der Waals surface area contributed by atoms with Crippen molar-refractivity contribution < 1.29 is 0 Å². The Bertz CT molecular complexity index is 669. The number of hydrogen-bond donors (Lipinski definition) is 0. The van der Waals surface area contributed by atoms with Gasteiger partial charge in [-0.1, -0.05) is 57.9 Å². The van der Waals surface area contributed by atoms with Crippen LogP contribution in [0, 0.1) is 6.92 Å². The van der Waals surface area contributed by atoms with Crippen molar-refractivity contribution in [2.24, 2.45) is 0 Å². The molecule has 1 heterocycles. The van der Waals surface area contributed by atoms with Crippen LogP contribution in [-0.2, 0) is 6.42 Å². The predicted molar refractivity (Wildman–Crippen MR) is 91.0 cm³/mol. The first-order valence-corrected chi connectivity index (χ1v) is 8.67. The molecule has 1 aromatic heterocycles. The summed E-state index contributed by atoms with van der Waals surface area (Å²) < 4.78 is 1.28. The number of aryl methyl sites for hydroxylation is 1. The maximum atomic E-state index is 4.74. The molecule has 1 nitrogen and oxygen atoms in total. The van der Waals surface area contributed by atoms with E-state index < -0.39 is 0 Å². The molecule has 3 rings (SSSR count). The lowest BCUT2D eigenvalue weighted by molar-refractivity contribution is 0.771. The van der Waals surface area contributed by atoms with E-state index in [4.69, 9.17) is 4.98 Å². The summed E-state index contributed by atoms with van der Waals surface area (Å²) in [7, 11) is 0. The van der Waals surface area contributed by atoms with Crippen LogP contribution in [0.5, 0.6) is 0 Å². The van der Waals surface area contributed by atoms with E-state index >= 15 is 0 Å². The topological polar surface area (TPSA) is 12.9 Å². The highest BCUT2D eigenvalue weighted by Crippen LogP contribution is 2.28. The minimum atomic E-state index is 0.483. The van der Waals surface area contributed by atoms with Crippen LogP contribution in [0.15, 0.2) is 48.5 Å². The molecule has 0 fully saturated rings. The maximum Gasteiger partial charge on any atom is 0.0945 e. The Kier molecular flexibility index (Phi) is 4.18. The Morgan fingerprint density at radius 3 is 2.55 bits per heavy atom. The molecule has 0 N–H and O–H groups in total. The highest BCUT2D eigenvalue weighted by molar-refractivity contribution is 9.09. The Morgan fingerprint density at radius 2 is 1.85 bits per heavy atom. The van der Waals surface area contributed by atoms with Crippen LogP contribution in [0.3, 0.4) is 0 Å². The maximum absolute atomic E-state index is 4.74. The van der Waals surface area contributed by atoms with Gasteiger partial charge in [0.2, 0.25) is 0 Å². The number of alkyl halides is 1. The summed E-state index contributed by atoms with van der Waals surface area (Å²) in [5, 5.41) is 2.18. The molecule has 2 aromatic carbocycles. The van der Waals surface area contributed by atoms with Gasteiger partial charge in [0.05, 0.1) is 15.2 Å². The molecule has 0 spiro atoms. The molecule has 0 saturated carbocycles. The number of hydrogen-bond acceptors (Lipinski definition) is 2. The van der Waals surface area contributed by atoms with E-state index in [1.165, 1.54) is 20.8 Å². The minimum absolute atomic E-state index is 0.483. The lowest BCUT2D eigenvalue weighted by Crippen LogP contribution is -2.04. The largest absolute Gasteiger partial charge is 0.241 e.